The largest absolute Gasteiger partial charge is 0.494 e. The molecule has 1 N–H and O–H groups in total. The Bertz CT molecular complexity index is 1430. The van der Waals surface area contributed by atoms with Crippen LogP contribution in [0, 0.1) is 0 Å². The first-order valence-electron chi connectivity index (χ1n) is 16.9. The Morgan fingerprint density at radius 3 is 1.52 bits per heavy atom. The van der Waals surface area contributed by atoms with E-state index in [1.54, 1.807) is 24.3 Å². The standard InChI is InChI=1S/C20H24O5.C16H20O4.C4H5BrO2.2CH4/c1-3-19(21)24-13-7-5-4-6-12-23-17-10-8-16(9-11-17)18-14-15(2)20(22)25-18;1-2-16(18)20-12-6-4-3-5-11-19-15-9-7-14(13-17)8-10-15;1-3(2-5)4(6)7;;/h3,8-11,18H,1-2,4-7,12-14H2;2,7-10,13H,1,3-6,11-12H2;1-2H2,(H,6,7);2*1H4. The summed E-state index contributed by atoms with van der Waals surface area (Å²) < 4.78 is 26.3. The lowest BCUT2D eigenvalue weighted by Crippen LogP contribution is -2.02. The Balaban J connectivity index is 0. The highest BCUT2D eigenvalue weighted by Crippen LogP contribution is 2.32. The number of aldehydes is 1. The molecule has 1 aliphatic heterocycles. The van der Waals surface area contributed by atoms with Crippen LogP contribution in [0.1, 0.15) is 94.7 Å². The summed E-state index contributed by atoms with van der Waals surface area (Å²) in [5.74, 6) is -0.431. The van der Waals surface area contributed by atoms with Crippen LogP contribution in [0.2, 0.25) is 0 Å². The fraction of sp³-hybridized carbons (Fsp3) is 0.405. The van der Waals surface area contributed by atoms with Crippen molar-refractivity contribution in [3.05, 3.63) is 109 Å². The van der Waals surface area contributed by atoms with Gasteiger partial charge in [0.1, 0.15) is 23.9 Å². The van der Waals surface area contributed by atoms with Crippen molar-refractivity contribution < 1.29 is 52.8 Å². The normalized spacial score (nSPS) is 12.3. The number of hydrogen-bond donors (Lipinski definition) is 1. The molecule has 54 heavy (non-hydrogen) atoms. The molecule has 12 heteroatoms. The summed E-state index contributed by atoms with van der Waals surface area (Å²) in [4.78, 5) is 53.3. The lowest BCUT2D eigenvalue weighted by Gasteiger charge is -2.11. The molecule has 0 spiro atoms. The van der Waals surface area contributed by atoms with E-state index < -0.39 is 5.97 Å². The van der Waals surface area contributed by atoms with Crippen LogP contribution in [0.3, 0.4) is 0 Å². The van der Waals surface area contributed by atoms with Gasteiger partial charge in [-0.3, -0.25) is 4.79 Å². The Morgan fingerprint density at radius 1 is 0.759 bits per heavy atom. The molecule has 0 saturated carbocycles. The fourth-order valence-electron chi connectivity index (χ4n) is 4.18. The van der Waals surface area contributed by atoms with Gasteiger partial charge in [0.15, 0.2) is 0 Å². The average molecular weight is 818 g/mol. The number of esters is 3. The number of cyclic esters (lactones) is 1. The van der Waals surface area contributed by atoms with Gasteiger partial charge in [0.05, 0.1) is 26.4 Å². The van der Waals surface area contributed by atoms with Gasteiger partial charge in [-0.2, -0.15) is 0 Å². The first-order valence-corrected chi connectivity index (χ1v) is 18.0. The van der Waals surface area contributed by atoms with Gasteiger partial charge in [-0.15, -0.1) is 0 Å². The number of carbonyl (C=O) groups is 5. The van der Waals surface area contributed by atoms with Crippen molar-refractivity contribution in [2.24, 2.45) is 0 Å². The number of ether oxygens (including phenoxy) is 5. The van der Waals surface area contributed by atoms with Crippen LogP contribution in [0.15, 0.2) is 98.1 Å². The number of alkyl halides is 1. The van der Waals surface area contributed by atoms with Crippen molar-refractivity contribution in [2.75, 3.05) is 31.8 Å². The van der Waals surface area contributed by atoms with Gasteiger partial charge in [-0.1, -0.05) is 69.2 Å². The molecule has 0 aromatic heterocycles. The number of unbranched alkanes of at least 4 members (excludes halogenated alkanes) is 6. The highest BCUT2D eigenvalue weighted by atomic mass is 79.9. The van der Waals surface area contributed by atoms with Crippen molar-refractivity contribution in [3.8, 4) is 11.5 Å². The maximum absolute atomic E-state index is 11.4. The molecular formula is C42H57BrO11. The molecule has 2 aromatic rings. The molecule has 0 radical (unpaired) electrons. The number of carboxylic acid groups (broad SMARTS) is 1. The highest BCUT2D eigenvalue weighted by Gasteiger charge is 2.28. The van der Waals surface area contributed by atoms with Crippen molar-refractivity contribution in [1.29, 1.82) is 0 Å². The van der Waals surface area contributed by atoms with E-state index in [2.05, 4.69) is 42.2 Å². The van der Waals surface area contributed by atoms with E-state index in [0.29, 0.717) is 49.3 Å². The molecule has 11 nitrogen and oxygen atoms in total. The van der Waals surface area contributed by atoms with Crippen LogP contribution < -0.4 is 9.47 Å². The van der Waals surface area contributed by atoms with E-state index in [9.17, 15) is 24.0 Å². The molecule has 1 saturated heterocycles. The van der Waals surface area contributed by atoms with E-state index in [1.165, 1.54) is 12.2 Å². The molecule has 1 atom stereocenters. The van der Waals surface area contributed by atoms with E-state index in [1.807, 2.05) is 24.3 Å². The summed E-state index contributed by atoms with van der Waals surface area (Å²) >= 11 is 2.93. The molecular weight excluding hydrogens is 760 g/mol. The molecule has 0 bridgehead atoms. The Morgan fingerprint density at radius 2 is 1.19 bits per heavy atom. The summed E-state index contributed by atoms with van der Waals surface area (Å²) in [7, 11) is 0. The van der Waals surface area contributed by atoms with E-state index in [-0.39, 0.29) is 44.4 Å². The van der Waals surface area contributed by atoms with Gasteiger partial charge in [0, 0.05) is 40.6 Å². The fourth-order valence-corrected chi connectivity index (χ4v) is 4.42. The second kappa shape index (κ2) is 31.5. The topological polar surface area (TPSA) is 152 Å². The van der Waals surface area contributed by atoms with E-state index in [4.69, 9.17) is 28.8 Å². The molecule has 1 fully saturated rings. The van der Waals surface area contributed by atoms with Gasteiger partial charge in [-0.25, -0.2) is 19.2 Å². The molecule has 1 aliphatic rings. The van der Waals surface area contributed by atoms with Crippen molar-refractivity contribution in [1.82, 2.24) is 0 Å². The second-order valence-corrected chi connectivity index (χ2v) is 11.8. The molecule has 298 valence electrons. The van der Waals surface area contributed by atoms with Gasteiger partial charge in [0.25, 0.3) is 0 Å². The summed E-state index contributed by atoms with van der Waals surface area (Å²) in [5, 5.41) is 8.39. The van der Waals surface area contributed by atoms with Crippen LogP contribution in [0.5, 0.6) is 11.5 Å². The molecule has 1 heterocycles. The quantitative estimate of drug-likeness (QED) is 0.0302. The van der Waals surface area contributed by atoms with Crippen molar-refractivity contribution in [2.45, 2.75) is 78.7 Å². The Hall–Kier alpha value is -4.97. The minimum atomic E-state index is -0.947. The minimum Gasteiger partial charge on any atom is -0.494 e. The summed E-state index contributed by atoms with van der Waals surface area (Å²) in [6.07, 6.45) is 11.1. The third kappa shape index (κ3) is 23.6. The van der Waals surface area contributed by atoms with Crippen LogP contribution in [-0.4, -0.2) is 67.0 Å². The van der Waals surface area contributed by atoms with Crippen LogP contribution in [0.25, 0.3) is 0 Å². The molecule has 2 aromatic carbocycles. The van der Waals surface area contributed by atoms with Crippen molar-refractivity contribution >= 4 is 46.1 Å². The van der Waals surface area contributed by atoms with Crippen LogP contribution in [-0.2, 0) is 33.4 Å². The number of halogens is 1. The number of carbonyl (C=O) groups excluding carboxylic acids is 4. The van der Waals surface area contributed by atoms with Crippen molar-refractivity contribution in [3.63, 3.8) is 0 Å². The molecule has 0 aliphatic carbocycles. The minimum absolute atomic E-state index is 0. The zero-order valence-corrected chi connectivity index (χ0v) is 31.1. The predicted molar refractivity (Wildman–Crippen MR) is 215 cm³/mol. The lowest BCUT2D eigenvalue weighted by atomic mass is 10.1. The first-order chi connectivity index (χ1) is 25.0. The maximum atomic E-state index is 11.4. The molecule has 0 amide bonds. The zero-order chi connectivity index (χ0) is 38.6. The summed E-state index contributed by atoms with van der Waals surface area (Å²) in [5.41, 5.74) is 2.30. The highest BCUT2D eigenvalue weighted by molar-refractivity contribution is 9.09. The maximum Gasteiger partial charge on any atom is 0.334 e. The number of rotatable bonds is 22. The van der Waals surface area contributed by atoms with Crippen LogP contribution in [0.4, 0.5) is 0 Å². The first kappa shape index (κ1) is 51.1. The third-order valence-electron chi connectivity index (χ3n) is 7.14. The van der Waals surface area contributed by atoms with Gasteiger partial charge < -0.3 is 28.8 Å². The van der Waals surface area contributed by atoms with Gasteiger partial charge >= 0.3 is 23.9 Å². The summed E-state index contributed by atoms with van der Waals surface area (Å²) in [6, 6.07) is 14.7. The third-order valence-corrected chi connectivity index (χ3v) is 7.82. The van der Waals surface area contributed by atoms with Crippen LogP contribution >= 0.6 is 15.9 Å². The lowest BCUT2D eigenvalue weighted by molar-refractivity contribution is -0.139. The zero-order valence-electron chi connectivity index (χ0n) is 29.6. The van der Waals surface area contributed by atoms with Gasteiger partial charge in [-0.05, 0) is 93.3 Å². The number of hydrogen-bond acceptors (Lipinski definition) is 10. The second-order valence-electron chi connectivity index (χ2n) is 11.3. The number of aliphatic carboxylic acids is 1. The number of benzene rings is 2. The average Bonchev–Trinajstić information content (AvgIpc) is 3.51. The SMILES string of the molecule is C.C.C=C(CBr)C(=O)O.C=CC(=O)OCCCCCCOc1ccc(C2CC(=C)C(=O)O2)cc1.C=CC(=O)OCCCCCCOc1ccc(C=O)cc1. The Kier molecular flexibility index (Phi) is 29.9. The van der Waals surface area contributed by atoms with E-state index in [0.717, 1.165) is 74.7 Å². The smallest absolute Gasteiger partial charge is 0.334 e. The van der Waals surface area contributed by atoms with Gasteiger partial charge in [0.2, 0.25) is 0 Å². The molecule has 3 rings (SSSR count). The van der Waals surface area contributed by atoms with E-state index >= 15 is 0 Å². The number of carboxylic acids is 1. The molecule has 1 unspecified atom stereocenters. The predicted octanol–water partition coefficient (Wildman–Crippen LogP) is 9.36. The monoisotopic (exact) mass is 816 g/mol. The summed E-state index contributed by atoms with van der Waals surface area (Å²) in [6.45, 7) is 15.8. The Labute approximate surface area is 329 Å².